The molecule has 1 aromatic carbocycles. The van der Waals surface area contributed by atoms with E-state index >= 15 is 0 Å². The zero-order valence-electron chi connectivity index (χ0n) is 13.6. The first-order valence-corrected chi connectivity index (χ1v) is 8.16. The van der Waals surface area contributed by atoms with Gasteiger partial charge in [-0.25, -0.2) is 5.10 Å². The molecule has 1 amide bonds. The van der Waals surface area contributed by atoms with E-state index in [0.717, 1.165) is 12.8 Å². The SMILES string of the molecule is CC1CN(C(=O)c2ccc(=O)[nH]n2)CC(CCc2ccccc2)O1. The van der Waals surface area contributed by atoms with Crippen molar-refractivity contribution in [3.05, 3.63) is 64.1 Å². The van der Waals surface area contributed by atoms with E-state index in [1.807, 2.05) is 25.1 Å². The molecule has 1 fully saturated rings. The first kappa shape index (κ1) is 16.4. The summed E-state index contributed by atoms with van der Waals surface area (Å²) in [5.74, 6) is -0.175. The number of carbonyl (C=O) groups excluding carboxylic acids is 1. The Balaban J connectivity index is 1.63. The molecule has 1 aliphatic rings. The van der Waals surface area contributed by atoms with Gasteiger partial charge in [-0.2, -0.15) is 5.10 Å². The molecule has 2 unspecified atom stereocenters. The predicted molar refractivity (Wildman–Crippen MR) is 89.9 cm³/mol. The lowest BCUT2D eigenvalue weighted by Crippen LogP contribution is -2.49. The highest BCUT2D eigenvalue weighted by molar-refractivity contribution is 5.92. The first-order valence-electron chi connectivity index (χ1n) is 8.16. The van der Waals surface area contributed by atoms with Gasteiger partial charge in [0.2, 0.25) is 0 Å². The minimum Gasteiger partial charge on any atom is -0.372 e. The number of morpholine rings is 1. The molecule has 2 aromatic rings. The maximum Gasteiger partial charge on any atom is 0.274 e. The lowest BCUT2D eigenvalue weighted by Gasteiger charge is -2.36. The number of nitrogens with one attached hydrogen (secondary N) is 1. The summed E-state index contributed by atoms with van der Waals surface area (Å²) < 4.78 is 5.97. The maximum atomic E-state index is 12.6. The monoisotopic (exact) mass is 327 g/mol. The maximum absolute atomic E-state index is 12.6. The minimum absolute atomic E-state index is 0.000618. The van der Waals surface area contributed by atoms with E-state index < -0.39 is 0 Å². The van der Waals surface area contributed by atoms with Crippen LogP contribution in [-0.2, 0) is 11.2 Å². The number of hydrogen-bond donors (Lipinski definition) is 1. The second kappa shape index (κ2) is 7.40. The number of aryl methyl sites for hydroxylation is 1. The molecule has 3 rings (SSSR count). The van der Waals surface area contributed by atoms with Crippen LogP contribution in [0.3, 0.4) is 0 Å². The summed E-state index contributed by atoms with van der Waals surface area (Å²) in [5, 5.41) is 6.13. The Bertz CT molecular complexity index is 724. The van der Waals surface area contributed by atoms with Crippen LogP contribution in [0, 0.1) is 0 Å². The molecular weight excluding hydrogens is 306 g/mol. The van der Waals surface area contributed by atoms with Crippen molar-refractivity contribution < 1.29 is 9.53 Å². The average molecular weight is 327 g/mol. The van der Waals surface area contributed by atoms with Crippen LogP contribution in [-0.4, -0.2) is 46.3 Å². The summed E-state index contributed by atoms with van der Waals surface area (Å²) in [4.78, 5) is 25.4. The van der Waals surface area contributed by atoms with Crippen molar-refractivity contribution in [3.63, 3.8) is 0 Å². The number of amides is 1. The van der Waals surface area contributed by atoms with Crippen LogP contribution in [0.1, 0.15) is 29.4 Å². The lowest BCUT2D eigenvalue weighted by molar-refractivity contribution is -0.0699. The third-order valence-corrected chi connectivity index (χ3v) is 4.11. The highest BCUT2D eigenvalue weighted by Crippen LogP contribution is 2.17. The summed E-state index contributed by atoms with van der Waals surface area (Å²) in [6.45, 7) is 3.04. The Hall–Kier alpha value is -2.47. The first-order chi connectivity index (χ1) is 11.6. The van der Waals surface area contributed by atoms with Crippen molar-refractivity contribution >= 4 is 5.91 Å². The molecular formula is C18H21N3O3. The van der Waals surface area contributed by atoms with Crippen LogP contribution in [0.5, 0.6) is 0 Å². The number of hydrogen-bond acceptors (Lipinski definition) is 4. The zero-order chi connectivity index (χ0) is 16.9. The second-order valence-electron chi connectivity index (χ2n) is 6.11. The van der Waals surface area contributed by atoms with Gasteiger partial charge in [0.05, 0.1) is 12.2 Å². The minimum atomic E-state index is -0.317. The Labute approximate surface area is 140 Å². The molecule has 6 nitrogen and oxygen atoms in total. The molecule has 2 atom stereocenters. The van der Waals surface area contributed by atoms with Crippen LogP contribution >= 0.6 is 0 Å². The number of carbonyl (C=O) groups is 1. The number of aromatic nitrogens is 2. The zero-order valence-corrected chi connectivity index (χ0v) is 13.6. The molecule has 0 spiro atoms. The molecule has 0 aliphatic carbocycles. The van der Waals surface area contributed by atoms with E-state index in [9.17, 15) is 9.59 Å². The number of rotatable bonds is 4. The van der Waals surface area contributed by atoms with Gasteiger partial charge in [0, 0.05) is 19.2 Å². The van der Waals surface area contributed by atoms with Crippen molar-refractivity contribution in [2.45, 2.75) is 32.0 Å². The number of aromatic amines is 1. The topological polar surface area (TPSA) is 75.3 Å². The fourth-order valence-electron chi connectivity index (χ4n) is 2.97. The summed E-state index contributed by atoms with van der Waals surface area (Å²) in [7, 11) is 0. The van der Waals surface area contributed by atoms with E-state index in [0.29, 0.717) is 13.1 Å². The van der Waals surface area contributed by atoms with Gasteiger partial charge in [0.25, 0.3) is 11.5 Å². The largest absolute Gasteiger partial charge is 0.372 e. The molecule has 0 bridgehead atoms. The van der Waals surface area contributed by atoms with Gasteiger partial charge in [-0.3, -0.25) is 9.59 Å². The molecule has 24 heavy (non-hydrogen) atoms. The number of H-pyrrole nitrogens is 1. The van der Waals surface area contributed by atoms with Gasteiger partial charge in [0.1, 0.15) is 5.69 Å². The van der Waals surface area contributed by atoms with Gasteiger partial charge >= 0.3 is 0 Å². The summed E-state index contributed by atoms with van der Waals surface area (Å²) in [6, 6.07) is 13.0. The third kappa shape index (κ3) is 4.08. The number of ether oxygens (including phenoxy) is 1. The molecule has 1 saturated heterocycles. The summed E-state index contributed by atoms with van der Waals surface area (Å²) in [5.41, 5.74) is 1.20. The number of benzene rings is 1. The highest BCUT2D eigenvalue weighted by Gasteiger charge is 2.29. The quantitative estimate of drug-likeness (QED) is 0.926. The van der Waals surface area contributed by atoms with Crippen LogP contribution in [0.4, 0.5) is 0 Å². The van der Waals surface area contributed by atoms with Crippen LogP contribution < -0.4 is 5.56 Å². The summed E-state index contributed by atoms with van der Waals surface area (Å²) in [6.07, 6.45) is 1.75. The molecule has 1 N–H and O–H groups in total. The molecule has 1 aliphatic heterocycles. The van der Waals surface area contributed by atoms with Crippen molar-refractivity contribution in [1.29, 1.82) is 0 Å². The van der Waals surface area contributed by atoms with E-state index in [1.165, 1.54) is 17.7 Å². The van der Waals surface area contributed by atoms with Crippen molar-refractivity contribution in [1.82, 2.24) is 15.1 Å². The Morgan fingerprint density at radius 3 is 2.75 bits per heavy atom. The Morgan fingerprint density at radius 2 is 2.04 bits per heavy atom. The Kier molecular flexibility index (Phi) is 5.05. The number of nitrogens with zero attached hydrogens (tertiary/aromatic N) is 2. The van der Waals surface area contributed by atoms with Gasteiger partial charge in [0.15, 0.2) is 0 Å². The van der Waals surface area contributed by atoms with Crippen molar-refractivity contribution in [2.75, 3.05) is 13.1 Å². The summed E-state index contributed by atoms with van der Waals surface area (Å²) >= 11 is 0. The normalized spacial score (nSPS) is 20.8. The molecule has 0 radical (unpaired) electrons. The molecule has 2 heterocycles. The van der Waals surface area contributed by atoms with E-state index in [4.69, 9.17) is 4.74 Å². The average Bonchev–Trinajstić information content (AvgIpc) is 2.60. The van der Waals surface area contributed by atoms with Gasteiger partial charge < -0.3 is 9.64 Å². The van der Waals surface area contributed by atoms with E-state index in [-0.39, 0.29) is 29.4 Å². The molecule has 6 heteroatoms. The van der Waals surface area contributed by atoms with Crippen molar-refractivity contribution in [3.8, 4) is 0 Å². The van der Waals surface area contributed by atoms with E-state index in [2.05, 4.69) is 22.3 Å². The van der Waals surface area contributed by atoms with Gasteiger partial charge in [-0.1, -0.05) is 30.3 Å². The second-order valence-corrected chi connectivity index (χ2v) is 6.11. The molecule has 0 saturated carbocycles. The smallest absolute Gasteiger partial charge is 0.274 e. The van der Waals surface area contributed by atoms with Crippen LogP contribution in [0.25, 0.3) is 0 Å². The van der Waals surface area contributed by atoms with Gasteiger partial charge in [-0.15, -0.1) is 0 Å². The third-order valence-electron chi connectivity index (χ3n) is 4.11. The van der Waals surface area contributed by atoms with Gasteiger partial charge in [-0.05, 0) is 31.4 Å². The standard InChI is InChI=1S/C18H21N3O3/c1-13-11-21(18(23)16-9-10-17(22)20-19-16)12-15(24-13)8-7-14-5-3-2-4-6-14/h2-6,9-10,13,15H,7-8,11-12H2,1H3,(H,20,22). The molecule has 1 aromatic heterocycles. The highest BCUT2D eigenvalue weighted by atomic mass is 16.5. The molecule has 126 valence electrons. The van der Waals surface area contributed by atoms with Crippen LogP contribution in [0.2, 0.25) is 0 Å². The van der Waals surface area contributed by atoms with Crippen molar-refractivity contribution in [2.24, 2.45) is 0 Å². The fourth-order valence-corrected chi connectivity index (χ4v) is 2.97. The van der Waals surface area contributed by atoms with E-state index in [1.54, 1.807) is 4.90 Å². The Morgan fingerprint density at radius 1 is 1.25 bits per heavy atom. The fraction of sp³-hybridized carbons (Fsp3) is 0.389. The lowest BCUT2D eigenvalue weighted by atomic mass is 10.0. The van der Waals surface area contributed by atoms with Crippen LogP contribution in [0.15, 0.2) is 47.3 Å². The predicted octanol–water partition coefficient (Wildman–Crippen LogP) is 1.63.